The summed E-state index contributed by atoms with van der Waals surface area (Å²) < 4.78 is 0. The van der Waals surface area contributed by atoms with E-state index >= 15 is 0 Å². The summed E-state index contributed by atoms with van der Waals surface area (Å²) in [4.78, 5) is 29.6. The Kier molecular flexibility index (Phi) is 2.78. The zero-order valence-electron chi connectivity index (χ0n) is 11.8. The van der Waals surface area contributed by atoms with E-state index in [2.05, 4.69) is 19.9 Å². The lowest BCUT2D eigenvalue weighted by Gasteiger charge is -2.17. The molecule has 7 nitrogen and oxygen atoms in total. The maximum Gasteiger partial charge on any atom is 0.227 e. The summed E-state index contributed by atoms with van der Waals surface area (Å²) in [5.41, 5.74) is 8.84. The van der Waals surface area contributed by atoms with Crippen LogP contribution in [0.2, 0.25) is 0 Å². The molecule has 0 unspecified atom stereocenters. The number of pyridine rings is 1. The number of nitrogen functional groups attached to an aromatic ring is 1. The first-order valence-electron chi connectivity index (χ1n) is 7.09. The molecule has 0 aliphatic carbocycles. The molecule has 22 heavy (non-hydrogen) atoms. The Labute approximate surface area is 126 Å². The highest BCUT2D eigenvalue weighted by atomic mass is 16.2. The van der Waals surface area contributed by atoms with E-state index in [9.17, 15) is 4.79 Å². The Morgan fingerprint density at radius 2 is 2.09 bits per heavy atom. The van der Waals surface area contributed by atoms with Crippen LogP contribution < -0.4 is 10.6 Å². The molecule has 7 heteroatoms. The van der Waals surface area contributed by atoms with Crippen LogP contribution >= 0.6 is 0 Å². The van der Waals surface area contributed by atoms with E-state index in [-0.39, 0.29) is 11.9 Å². The van der Waals surface area contributed by atoms with Crippen molar-refractivity contribution < 1.29 is 4.79 Å². The van der Waals surface area contributed by atoms with Gasteiger partial charge in [-0.1, -0.05) is 0 Å². The highest BCUT2D eigenvalue weighted by Gasteiger charge is 2.25. The highest BCUT2D eigenvalue weighted by molar-refractivity contribution is 6.08. The van der Waals surface area contributed by atoms with Gasteiger partial charge in [-0.05, 0) is 18.6 Å². The van der Waals surface area contributed by atoms with E-state index in [1.165, 1.54) is 0 Å². The molecule has 4 heterocycles. The van der Waals surface area contributed by atoms with Gasteiger partial charge in [0.2, 0.25) is 11.9 Å². The third kappa shape index (κ3) is 1.90. The predicted octanol–water partition coefficient (Wildman–Crippen LogP) is 1.73. The number of fused-ring (bicyclic) bond motifs is 1. The van der Waals surface area contributed by atoms with Crippen LogP contribution in [0.3, 0.4) is 0 Å². The van der Waals surface area contributed by atoms with Crippen molar-refractivity contribution in [3.05, 3.63) is 30.7 Å². The molecule has 0 spiro atoms. The zero-order chi connectivity index (χ0) is 15.1. The highest BCUT2D eigenvalue weighted by Crippen LogP contribution is 2.35. The number of nitrogens with zero attached hydrogens (tertiary/aromatic N) is 4. The van der Waals surface area contributed by atoms with Gasteiger partial charge in [-0.3, -0.25) is 4.79 Å². The first kappa shape index (κ1) is 12.8. The molecule has 4 rings (SSSR count). The summed E-state index contributed by atoms with van der Waals surface area (Å²) in [6, 6.07) is 3.66. The second-order valence-corrected chi connectivity index (χ2v) is 5.21. The van der Waals surface area contributed by atoms with Crippen molar-refractivity contribution in [2.75, 3.05) is 17.2 Å². The molecule has 0 aromatic carbocycles. The lowest BCUT2D eigenvalue weighted by atomic mass is 10.1. The van der Waals surface area contributed by atoms with Gasteiger partial charge < -0.3 is 15.6 Å². The number of H-pyrrole nitrogens is 1. The molecule has 3 aromatic heterocycles. The number of carbonyl (C=O) groups excluding carboxylic acids is 1. The van der Waals surface area contributed by atoms with Crippen molar-refractivity contribution in [3.63, 3.8) is 0 Å². The van der Waals surface area contributed by atoms with Crippen LogP contribution in [0.4, 0.5) is 11.6 Å². The number of rotatable bonds is 2. The molecule has 0 saturated carbocycles. The van der Waals surface area contributed by atoms with Crippen LogP contribution in [0, 0.1) is 0 Å². The van der Waals surface area contributed by atoms with Gasteiger partial charge in [0, 0.05) is 37.1 Å². The SMILES string of the molecule is Nc1nccc(-c2c[nH]c3nccc(N4CCCC4=O)c23)n1. The van der Waals surface area contributed by atoms with Crippen LogP contribution in [-0.4, -0.2) is 32.4 Å². The molecular formula is C15H14N6O. The average molecular weight is 294 g/mol. The number of hydrogen-bond donors (Lipinski definition) is 2. The number of aromatic amines is 1. The lowest BCUT2D eigenvalue weighted by molar-refractivity contribution is -0.117. The molecular weight excluding hydrogens is 280 g/mol. The number of nitrogens with two attached hydrogens (primary N) is 1. The van der Waals surface area contributed by atoms with Gasteiger partial charge in [-0.25, -0.2) is 15.0 Å². The number of carbonyl (C=O) groups is 1. The van der Waals surface area contributed by atoms with Gasteiger partial charge in [-0.15, -0.1) is 0 Å². The Balaban J connectivity index is 1.95. The summed E-state index contributed by atoms with van der Waals surface area (Å²) in [7, 11) is 0. The van der Waals surface area contributed by atoms with E-state index in [1.807, 2.05) is 17.2 Å². The fraction of sp³-hybridized carbons (Fsp3) is 0.200. The fourth-order valence-corrected chi connectivity index (χ4v) is 2.89. The van der Waals surface area contributed by atoms with E-state index in [0.29, 0.717) is 12.1 Å². The maximum absolute atomic E-state index is 12.1. The van der Waals surface area contributed by atoms with E-state index in [4.69, 9.17) is 5.73 Å². The summed E-state index contributed by atoms with van der Waals surface area (Å²) in [5, 5.41) is 0.885. The van der Waals surface area contributed by atoms with Gasteiger partial charge in [-0.2, -0.15) is 0 Å². The van der Waals surface area contributed by atoms with Gasteiger partial charge in [0.15, 0.2) is 0 Å². The molecule has 110 valence electrons. The summed E-state index contributed by atoms with van der Waals surface area (Å²) in [6.45, 7) is 0.731. The maximum atomic E-state index is 12.1. The van der Waals surface area contributed by atoms with Crippen LogP contribution in [-0.2, 0) is 4.79 Å². The topological polar surface area (TPSA) is 101 Å². The zero-order valence-corrected chi connectivity index (χ0v) is 11.8. The molecule has 1 amide bonds. The Hall–Kier alpha value is -2.96. The third-order valence-electron chi connectivity index (χ3n) is 3.87. The summed E-state index contributed by atoms with van der Waals surface area (Å²) >= 11 is 0. The van der Waals surface area contributed by atoms with Crippen LogP contribution in [0.15, 0.2) is 30.7 Å². The van der Waals surface area contributed by atoms with Crippen molar-refractivity contribution in [2.45, 2.75) is 12.8 Å². The Morgan fingerprint density at radius 3 is 2.86 bits per heavy atom. The number of amides is 1. The monoisotopic (exact) mass is 294 g/mol. The summed E-state index contributed by atoms with van der Waals surface area (Å²) in [6.07, 6.45) is 6.63. The third-order valence-corrected chi connectivity index (χ3v) is 3.87. The quantitative estimate of drug-likeness (QED) is 0.749. The van der Waals surface area contributed by atoms with Gasteiger partial charge in [0.05, 0.1) is 16.8 Å². The summed E-state index contributed by atoms with van der Waals surface area (Å²) in [5.74, 6) is 0.358. The second-order valence-electron chi connectivity index (χ2n) is 5.21. The van der Waals surface area contributed by atoms with Crippen LogP contribution in [0.25, 0.3) is 22.3 Å². The number of anilines is 2. The number of aromatic nitrogens is 4. The van der Waals surface area contributed by atoms with E-state index < -0.39 is 0 Å². The molecule has 0 bridgehead atoms. The van der Waals surface area contributed by atoms with Gasteiger partial charge in [0.25, 0.3) is 0 Å². The molecule has 1 aliphatic rings. The smallest absolute Gasteiger partial charge is 0.227 e. The predicted molar refractivity (Wildman–Crippen MR) is 83.1 cm³/mol. The van der Waals surface area contributed by atoms with Gasteiger partial charge >= 0.3 is 0 Å². The van der Waals surface area contributed by atoms with Crippen molar-refractivity contribution in [1.82, 2.24) is 19.9 Å². The normalized spacial score (nSPS) is 14.9. The lowest BCUT2D eigenvalue weighted by Crippen LogP contribution is -2.23. The molecule has 3 aromatic rings. The molecule has 3 N–H and O–H groups in total. The molecule has 1 saturated heterocycles. The molecule has 0 radical (unpaired) electrons. The van der Waals surface area contributed by atoms with Crippen molar-refractivity contribution in [3.8, 4) is 11.3 Å². The second kappa shape index (κ2) is 4.80. The van der Waals surface area contributed by atoms with Crippen molar-refractivity contribution >= 4 is 28.6 Å². The van der Waals surface area contributed by atoms with Crippen LogP contribution in [0.5, 0.6) is 0 Å². The van der Waals surface area contributed by atoms with Crippen LogP contribution in [0.1, 0.15) is 12.8 Å². The standard InChI is InChI=1S/C15H14N6O/c16-15-18-5-3-10(20-15)9-8-19-14-13(9)11(4-6-17-14)21-7-1-2-12(21)22/h3-6,8H,1-2,7H2,(H,17,19)(H2,16,18,20). The Bertz CT molecular complexity index is 871. The molecule has 1 fully saturated rings. The fourth-order valence-electron chi connectivity index (χ4n) is 2.89. The van der Waals surface area contributed by atoms with Crippen molar-refractivity contribution in [2.24, 2.45) is 0 Å². The van der Waals surface area contributed by atoms with Crippen molar-refractivity contribution in [1.29, 1.82) is 0 Å². The first-order valence-corrected chi connectivity index (χ1v) is 7.09. The first-order chi connectivity index (χ1) is 10.7. The van der Waals surface area contributed by atoms with E-state index in [0.717, 1.165) is 35.2 Å². The number of nitrogens with one attached hydrogen (secondary N) is 1. The molecule has 0 atom stereocenters. The minimum absolute atomic E-state index is 0.141. The Morgan fingerprint density at radius 1 is 1.23 bits per heavy atom. The largest absolute Gasteiger partial charge is 0.368 e. The molecule has 1 aliphatic heterocycles. The average Bonchev–Trinajstić information content (AvgIpc) is 3.13. The van der Waals surface area contributed by atoms with Gasteiger partial charge in [0.1, 0.15) is 5.65 Å². The number of hydrogen-bond acceptors (Lipinski definition) is 5. The minimum atomic E-state index is 0.141. The van der Waals surface area contributed by atoms with E-state index in [1.54, 1.807) is 18.5 Å². The minimum Gasteiger partial charge on any atom is -0.368 e.